The van der Waals surface area contributed by atoms with Crippen LogP contribution in [0.15, 0.2) is 43.0 Å². The van der Waals surface area contributed by atoms with Gasteiger partial charge in [0.25, 0.3) is 0 Å². The summed E-state index contributed by atoms with van der Waals surface area (Å²) in [5, 5.41) is 7.72. The van der Waals surface area contributed by atoms with Gasteiger partial charge in [-0.1, -0.05) is 6.92 Å². The van der Waals surface area contributed by atoms with Crippen LogP contribution in [0.25, 0.3) is 0 Å². The number of pyridine rings is 1. The zero-order chi connectivity index (χ0) is 36.7. The summed E-state index contributed by atoms with van der Waals surface area (Å²) in [4.78, 5) is 29.0. The van der Waals surface area contributed by atoms with E-state index in [0.717, 1.165) is 95.9 Å². The average molecular weight is 719 g/mol. The molecule has 0 N–H and O–H groups in total. The van der Waals surface area contributed by atoms with Crippen LogP contribution in [0.5, 0.6) is 11.5 Å². The van der Waals surface area contributed by atoms with Crippen LogP contribution >= 0.6 is 0 Å². The monoisotopic (exact) mass is 718 g/mol. The molecule has 12 nitrogen and oxygen atoms in total. The van der Waals surface area contributed by atoms with E-state index >= 15 is 0 Å². The van der Waals surface area contributed by atoms with Crippen molar-refractivity contribution in [3.8, 4) is 11.5 Å². The predicted octanol–water partition coefficient (Wildman–Crippen LogP) is 4.53. The van der Waals surface area contributed by atoms with Crippen LogP contribution in [-0.2, 0) is 17.7 Å². The quantitative estimate of drug-likeness (QED) is 0.260. The summed E-state index contributed by atoms with van der Waals surface area (Å²) in [7, 11) is 3.56. The molecule has 0 unspecified atom stereocenters. The minimum absolute atomic E-state index is 0.229. The van der Waals surface area contributed by atoms with Gasteiger partial charge in [0.05, 0.1) is 31.1 Å². The molecule has 0 bridgehead atoms. The van der Waals surface area contributed by atoms with Crippen LogP contribution in [0.1, 0.15) is 68.1 Å². The number of rotatable bonds is 11. The molecule has 2 spiro atoms. The van der Waals surface area contributed by atoms with Gasteiger partial charge in [-0.3, -0.25) is 19.6 Å². The summed E-state index contributed by atoms with van der Waals surface area (Å²) in [6, 6.07) is 6.56. The van der Waals surface area contributed by atoms with E-state index in [-0.39, 0.29) is 11.2 Å². The van der Waals surface area contributed by atoms with Gasteiger partial charge in [-0.25, -0.2) is 9.37 Å². The molecule has 282 valence electrons. The Bertz CT molecular complexity index is 1610. The largest absolute Gasteiger partial charge is 0.496 e. The zero-order valence-corrected chi connectivity index (χ0v) is 31.5. The number of hydrogen-bond donors (Lipinski definition) is 0. The first kappa shape index (κ1) is 38.0. The number of carbonyl (C=O) groups excluding carboxylic acids is 1. The molecular weight excluding hydrogens is 663 g/mol. The van der Waals surface area contributed by atoms with E-state index in [1.807, 2.05) is 6.20 Å². The highest BCUT2D eigenvalue weighted by atomic mass is 19.1. The predicted molar refractivity (Wildman–Crippen MR) is 197 cm³/mol. The van der Waals surface area contributed by atoms with E-state index in [1.165, 1.54) is 56.2 Å². The maximum atomic E-state index is 12.5. The van der Waals surface area contributed by atoms with E-state index in [0.29, 0.717) is 29.6 Å². The van der Waals surface area contributed by atoms with Crippen LogP contribution in [0.4, 0.5) is 10.2 Å². The lowest BCUT2D eigenvalue weighted by atomic mass is 9.62. The molecule has 8 rings (SSSR count). The molecule has 0 atom stereocenters. The molecule has 1 aromatic carbocycles. The number of benzene rings is 1. The highest BCUT2D eigenvalue weighted by Gasteiger charge is 2.54. The van der Waals surface area contributed by atoms with Crippen molar-refractivity contribution in [3.63, 3.8) is 0 Å². The van der Waals surface area contributed by atoms with Gasteiger partial charge in [0.1, 0.15) is 29.7 Å². The molecule has 52 heavy (non-hydrogen) atoms. The lowest BCUT2D eigenvalue weighted by Crippen LogP contribution is -2.68. The summed E-state index contributed by atoms with van der Waals surface area (Å²) in [5.41, 5.74) is 3.39. The molecule has 4 fully saturated rings. The summed E-state index contributed by atoms with van der Waals surface area (Å²) >= 11 is 0. The van der Waals surface area contributed by atoms with Crippen molar-refractivity contribution in [3.05, 3.63) is 65.6 Å². The van der Waals surface area contributed by atoms with Crippen LogP contribution < -0.4 is 14.4 Å². The molecule has 13 heteroatoms. The first-order valence-electron chi connectivity index (χ1n) is 18.7. The van der Waals surface area contributed by atoms with Crippen molar-refractivity contribution >= 4 is 12.1 Å². The SMILES string of the molecule is CCN(C)C(C)C.COc1ccc(F)cc1C=O.c1nncc(N2CC3(CC(Oc4ccnc5c4CN(CCCN4CC6(CCO6)C4)CC5)C3)C2)n1. The molecule has 5 aliphatic rings. The molecule has 1 saturated carbocycles. The van der Waals surface area contributed by atoms with Crippen LogP contribution in [0.3, 0.4) is 0 Å². The highest BCUT2D eigenvalue weighted by molar-refractivity contribution is 5.79. The topological polar surface area (TPSA) is 109 Å². The number of aromatic nitrogens is 4. The van der Waals surface area contributed by atoms with Gasteiger partial charge in [-0.05, 0) is 84.1 Å². The molecule has 3 aromatic rings. The van der Waals surface area contributed by atoms with E-state index in [4.69, 9.17) is 14.2 Å². The van der Waals surface area contributed by atoms with Crippen LogP contribution in [0, 0.1) is 11.2 Å². The molecule has 2 aromatic heterocycles. The lowest BCUT2D eigenvalue weighted by Gasteiger charge is -2.58. The second-order valence-corrected chi connectivity index (χ2v) is 15.2. The van der Waals surface area contributed by atoms with Gasteiger partial charge < -0.3 is 24.0 Å². The number of nitrogens with zero attached hydrogens (tertiary/aromatic N) is 8. The van der Waals surface area contributed by atoms with Gasteiger partial charge >= 0.3 is 0 Å². The first-order valence-corrected chi connectivity index (χ1v) is 18.7. The summed E-state index contributed by atoms with van der Waals surface area (Å²) in [5.74, 6) is 1.94. The molecule has 6 heterocycles. The second-order valence-electron chi connectivity index (χ2n) is 15.2. The van der Waals surface area contributed by atoms with Crippen molar-refractivity contribution in [1.29, 1.82) is 0 Å². The number of fused-ring (bicyclic) bond motifs is 1. The number of aldehydes is 1. The maximum Gasteiger partial charge on any atom is 0.153 e. The van der Waals surface area contributed by atoms with E-state index in [2.05, 4.69) is 73.7 Å². The standard InChI is InChI=1S/C25H33N7O2.C8H7FO2.C6H15N/c1(7-31-16-25(17-31)4-9-33-25)6-30-8-3-21-20(13-30)22(2-5-26-21)34-19-10-24(11-19)14-32(15-24)23-12-28-29-18-27-23;1-11-8-3-2-7(9)4-6(8)5-10;1-5-7(4)6(2)3/h2,5,12,18-19H,1,3-4,6-11,13-17H2;2-5H,1H3;6H,5H2,1-4H3. The van der Waals surface area contributed by atoms with E-state index < -0.39 is 5.82 Å². The minimum Gasteiger partial charge on any atom is -0.496 e. The Kier molecular flexibility index (Phi) is 12.3. The molecular formula is C39H55FN8O4. The highest BCUT2D eigenvalue weighted by Crippen LogP contribution is 2.50. The molecule has 0 amide bonds. The lowest BCUT2D eigenvalue weighted by molar-refractivity contribution is -0.221. The number of methoxy groups -OCH3 is 1. The molecule has 1 aliphatic carbocycles. The van der Waals surface area contributed by atoms with Crippen molar-refractivity contribution < 1.29 is 23.4 Å². The Morgan fingerprint density at radius 3 is 2.46 bits per heavy atom. The van der Waals surface area contributed by atoms with Crippen molar-refractivity contribution in [1.82, 2.24) is 34.9 Å². The first-order chi connectivity index (χ1) is 25.1. The third-order valence-electron chi connectivity index (χ3n) is 11.3. The fourth-order valence-corrected chi connectivity index (χ4v) is 7.76. The number of hydrogen-bond acceptors (Lipinski definition) is 12. The Labute approximate surface area is 307 Å². The van der Waals surface area contributed by atoms with Crippen LogP contribution in [0.2, 0.25) is 0 Å². The van der Waals surface area contributed by atoms with Crippen molar-refractivity contribution in [2.24, 2.45) is 5.41 Å². The molecule has 0 radical (unpaired) electrons. The second kappa shape index (κ2) is 16.9. The number of halogens is 1. The summed E-state index contributed by atoms with van der Waals surface area (Å²) < 4.78 is 29.5. The number of ether oxygens (including phenoxy) is 3. The number of likely N-dealkylation sites (tertiary alicyclic amines) is 1. The van der Waals surface area contributed by atoms with Crippen molar-refractivity contribution in [2.45, 2.75) is 77.2 Å². The van der Waals surface area contributed by atoms with Gasteiger partial charge in [0, 0.05) is 81.0 Å². The Hall–Kier alpha value is -3.78. The van der Waals surface area contributed by atoms with Gasteiger partial charge in [0.15, 0.2) is 12.1 Å². The normalized spacial score (nSPS) is 20.0. The maximum absolute atomic E-state index is 12.5. The Morgan fingerprint density at radius 1 is 1.08 bits per heavy atom. The van der Waals surface area contributed by atoms with E-state index in [9.17, 15) is 9.18 Å². The third-order valence-corrected chi connectivity index (χ3v) is 11.3. The smallest absolute Gasteiger partial charge is 0.153 e. The summed E-state index contributed by atoms with van der Waals surface area (Å²) in [6.45, 7) is 17.4. The Balaban J connectivity index is 0.000000214. The average Bonchev–Trinajstić information content (AvgIpc) is 3.09. The van der Waals surface area contributed by atoms with Gasteiger partial charge in [-0.15, -0.1) is 5.10 Å². The van der Waals surface area contributed by atoms with Crippen molar-refractivity contribution in [2.75, 3.05) is 78.0 Å². The van der Waals surface area contributed by atoms with Crippen LogP contribution in [-0.4, -0.2) is 132 Å². The number of anilines is 1. The van der Waals surface area contributed by atoms with Gasteiger partial charge in [0.2, 0.25) is 0 Å². The molecule has 4 aliphatic heterocycles. The number of carbonyl (C=O) groups is 1. The minimum atomic E-state index is -0.437. The fourth-order valence-electron chi connectivity index (χ4n) is 7.76. The van der Waals surface area contributed by atoms with Gasteiger partial charge in [-0.2, -0.15) is 5.10 Å². The van der Waals surface area contributed by atoms with E-state index in [1.54, 1.807) is 6.20 Å². The zero-order valence-electron chi connectivity index (χ0n) is 31.5. The summed E-state index contributed by atoms with van der Waals surface area (Å²) in [6.07, 6.45) is 11.8. The Morgan fingerprint density at radius 2 is 1.85 bits per heavy atom. The fraction of sp³-hybridized carbons (Fsp3) is 0.615. The molecule has 3 saturated heterocycles. The third kappa shape index (κ3) is 9.05.